The minimum atomic E-state index is 0.648. The molecule has 0 bridgehead atoms. The van der Waals surface area contributed by atoms with E-state index < -0.39 is 0 Å². The lowest BCUT2D eigenvalue weighted by Crippen LogP contribution is -2.26. The average molecular weight is 243 g/mol. The third-order valence-electron chi connectivity index (χ3n) is 3.48. The highest BCUT2D eigenvalue weighted by molar-refractivity contribution is 4.64. The van der Waals surface area contributed by atoms with Gasteiger partial charge in [0.15, 0.2) is 0 Å². The number of methoxy groups -OCH3 is 1. The molecule has 0 aromatic carbocycles. The van der Waals surface area contributed by atoms with Crippen LogP contribution in [0.2, 0.25) is 0 Å². The maximum atomic E-state index is 5.12. The van der Waals surface area contributed by atoms with E-state index in [0.29, 0.717) is 6.04 Å². The molecule has 0 aromatic rings. The highest BCUT2D eigenvalue weighted by atomic mass is 16.5. The predicted octanol–water partition coefficient (Wildman–Crippen LogP) is 4.14. The summed E-state index contributed by atoms with van der Waals surface area (Å²) in [6, 6.07) is 0.648. The topological polar surface area (TPSA) is 21.3 Å². The van der Waals surface area contributed by atoms with Gasteiger partial charge in [-0.2, -0.15) is 0 Å². The summed E-state index contributed by atoms with van der Waals surface area (Å²) < 4.78 is 5.12. The molecule has 0 aromatic heterocycles. The summed E-state index contributed by atoms with van der Waals surface area (Å²) in [6.07, 6.45) is 13.7. The summed E-state index contributed by atoms with van der Waals surface area (Å²) in [5, 5.41) is 3.38. The second-order valence-electron chi connectivity index (χ2n) is 5.03. The summed E-state index contributed by atoms with van der Waals surface area (Å²) >= 11 is 0. The molecular formula is C15H33NO. The van der Waals surface area contributed by atoms with Gasteiger partial charge < -0.3 is 10.1 Å². The van der Waals surface area contributed by atoms with Gasteiger partial charge >= 0.3 is 0 Å². The fourth-order valence-corrected chi connectivity index (χ4v) is 2.22. The van der Waals surface area contributed by atoms with E-state index in [-0.39, 0.29) is 0 Å². The van der Waals surface area contributed by atoms with Gasteiger partial charge in [-0.25, -0.2) is 0 Å². The van der Waals surface area contributed by atoms with Crippen LogP contribution < -0.4 is 5.32 Å². The van der Waals surface area contributed by atoms with E-state index in [0.717, 1.165) is 13.0 Å². The van der Waals surface area contributed by atoms with Crippen LogP contribution in [0.15, 0.2) is 0 Å². The Morgan fingerprint density at radius 1 is 0.882 bits per heavy atom. The van der Waals surface area contributed by atoms with Crippen LogP contribution in [0.1, 0.15) is 71.1 Å². The van der Waals surface area contributed by atoms with Gasteiger partial charge in [-0.1, -0.05) is 58.3 Å². The highest BCUT2D eigenvalue weighted by Gasteiger charge is 2.04. The smallest absolute Gasteiger partial charge is 0.0477 e. The molecule has 0 spiro atoms. The first-order valence-corrected chi connectivity index (χ1v) is 7.51. The molecule has 1 N–H and O–H groups in total. The second-order valence-corrected chi connectivity index (χ2v) is 5.03. The molecule has 0 fully saturated rings. The molecule has 17 heavy (non-hydrogen) atoms. The maximum absolute atomic E-state index is 5.12. The van der Waals surface area contributed by atoms with Gasteiger partial charge in [-0.15, -0.1) is 0 Å². The number of ether oxygens (including phenoxy) is 1. The van der Waals surface area contributed by atoms with Crippen molar-refractivity contribution < 1.29 is 4.74 Å². The average Bonchev–Trinajstić information content (AvgIpc) is 2.36. The van der Waals surface area contributed by atoms with Gasteiger partial charge in [0.25, 0.3) is 0 Å². The van der Waals surface area contributed by atoms with E-state index in [2.05, 4.69) is 19.3 Å². The SMILES string of the molecule is CCCCCCCCCCC(CCOC)NC. The summed E-state index contributed by atoms with van der Waals surface area (Å²) in [6.45, 7) is 3.15. The zero-order valence-electron chi connectivity index (χ0n) is 12.3. The van der Waals surface area contributed by atoms with E-state index in [1.54, 1.807) is 7.11 Å². The Hall–Kier alpha value is -0.0800. The van der Waals surface area contributed by atoms with Gasteiger partial charge in [0.2, 0.25) is 0 Å². The lowest BCUT2D eigenvalue weighted by Gasteiger charge is -2.15. The molecule has 2 nitrogen and oxygen atoms in total. The molecule has 0 amide bonds. The van der Waals surface area contributed by atoms with Crippen molar-refractivity contribution in [3.05, 3.63) is 0 Å². The fourth-order valence-electron chi connectivity index (χ4n) is 2.22. The van der Waals surface area contributed by atoms with Crippen LogP contribution in [0.5, 0.6) is 0 Å². The van der Waals surface area contributed by atoms with Crippen molar-refractivity contribution in [3.8, 4) is 0 Å². The molecule has 1 atom stereocenters. The Morgan fingerprint density at radius 3 is 2.00 bits per heavy atom. The van der Waals surface area contributed by atoms with Crippen LogP contribution in [0, 0.1) is 0 Å². The van der Waals surface area contributed by atoms with Crippen molar-refractivity contribution in [1.82, 2.24) is 5.32 Å². The Kier molecular flexibility index (Phi) is 13.9. The summed E-state index contributed by atoms with van der Waals surface area (Å²) in [5.74, 6) is 0. The monoisotopic (exact) mass is 243 g/mol. The Balaban J connectivity index is 3.19. The van der Waals surface area contributed by atoms with Crippen LogP contribution in [-0.4, -0.2) is 26.8 Å². The number of unbranched alkanes of at least 4 members (excludes halogenated alkanes) is 7. The molecule has 0 saturated carbocycles. The lowest BCUT2D eigenvalue weighted by molar-refractivity contribution is 0.182. The Bertz CT molecular complexity index is 139. The van der Waals surface area contributed by atoms with Crippen LogP contribution in [0.25, 0.3) is 0 Å². The molecule has 0 rings (SSSR count). The van der Waals surface area contributed by atoms with E-state index in [4.69, 9.17) is 4.74 Å². The van der Waals surface area contributed by atoms with Crippen molar-refractivity contribution in [2.75, 3.05) is 20.8 Å². The van der Waals surface area contributed by atoms with Crippen molar-refractivity contribution in [2.45, 2.75) is 77.2 Å². The first-order chi connectivity index (χ1) is 8.35. The maximum Gasteiger partial charge on any atom is 0.0477 e. The van der Waals surface area contributed by atoms with E-state index in [1.807, 2.05) is 0 Å². The van der Waals surface area contributed by atoms with Crippen molar-refractivity contribution in [1.29, 1.82) is 0 Å². The normalized spacial score (nSPS) is 12.9. The van der Waals surface area contributed by atoms with Crippen LogP contribution in [0.3, 0.4) is 0 Å². The quantitative estimate of drug-likeness (QED) is 0.491. The van der Waals surface area contributed by atoms with Gasteiger partial charge in [0.05, 0.1) is 0 Å². The summed E-state index contributed by atoms with van der Waals surface area (Å²) in [7, 11) is 3.84. The number of nitrogens with one attached hydrogen (secondary N) is 1. The zero-order chi connectivity index (χ0) is 12.8. The van der Waals surface area contributed by atoms with Crippen molar-refractivity contribution in [2.24, 2.45) is 0 Å². The molecule has 0 saturated heterocycles. The van der Waals surface area contributed by atoms with E-state index in [1.165, 1.54) is 57.8 Å². The van der Waals surface area contributed by atoms with Crippen molar-refractivity contribution in [3.63, 3.8) is 0 Å². The number of hydrogen-bond acceptors (Lipinski definition) is 2. The summed E-state index contributed by atoms with van der Waals surface area (Å²) in [4.78, 5) is 0. The molecule has 104 valence electrons. The minimum Gasteiger partial charge on any atom is -0.385 e. The minimum absolute atomic E-state index is 0.648. The molecular weight excluding hydrogens is 210 g/mol. The zero-order valence-corrected chi connectivity index (χ0v) is 12.3. The Labute approximate surface area is 109 Å². The molecule has 0 aliphatic heterocycles. The molecule has 0 radical (unpaired) electrons. The van der Waals surface area contributed by atoms with Gasteiger partial charge in [0.1, 0.15) is 0 Å². The van der Waals surface area contributed by atoms with Crippen molar-refractivity contribution >= 4 is 0 Å². The van der Waals surface area contributed by atoms with Gasteiger partial charge in [-0.05, 0) is 19.9 Å². The van der Waals surface area contributed by atoms with Gasteiger partial charge in [-0.3, -0.25) is 0 Å². The fraction of sp³-hybridized carbons (Fsp3) is 1.00. The Morgan fingerprint density at radius 2 is 1.47 bits per heavy atom. The molecule has 0 aliphatic rings. The molecule has 2 heteroatoms. The highest BCUT2D eigenvalue weighted by Crippen LogP contribution is 2.11. The van der Waals surface area contributed by atoms with Gasteiger partial charge in [0, 0.05) is 19.8 Å². The molecule has 1 unspecified atom stereocenters. The lowest BCUT2D eigenvalue weighted by atomic mass is 10.0. The first kappa shape index (κ1) is 16.9. The molecule has 0 heterocycles. The third-order valence-corrected chi connectivity index (χ3v) is 3.48. The standard InChI is InChI=1S/C15H33NO/c1-4-5-6-7-8-9-10-11-12-15(16-2)13-14-17-3/h15-16H,4-14H2,1-3H3. The van der Waals surface area contributed by atoms with Crippen LogP contribution >= 0.6 is 0 Å². The third kappa shape index (κ3) is 12.2. The predicted molar refractivity (Wildman–Crippen MR) is 76.6 cm³/mol. The molecule has 0 aliphatic carbocycles. The van der Waals surface area contributed by atoms with E-state index >= 15 is 0 Å². The summed E-state index contributed by atoms with van der Waals surface area (Å²) in [5.41, 5.74) is 0. The number of rotatable bonds is 13. The van der Waals surface area contributed by atoms with E-state index in [9.17, 15) is 0 Å². The first-order valence-electron chi connectivity index (χ1n) is 7.51. The van der Waals surface area contributed by atoms with Crippen LogP contribution in [0.4, 0.5) is 0 Å². The largest absolute Gasteiger partial charge is 0.385 e. The van der Waals surface area contributed by atoms with Crippen LogP contribution in [-0.2, 0) is 4.74 Å². The number of hydrogen-bond donors (Lipinski definition) is 1. The second kappa shape index (κ2) is 14.0.